The number of H-pyrrole nitrogens is 1. The van der Waals surface area contributed by atoms with Crippen molar-refractivity contribution in [2.75, 3.05) is 0 Å². The summed E-state index contributed by atoms with van der Waals surface area (Å²) < 4.78 is 0. The average Bonchev–Trinajstić information content (AvgIpc) is 2.93. The molecule has 0 saturated heterocycles. The highest BCUT2D eigenvalue weighted by molar-refractivity contribution is 6.35. The molecule has 0 radical (unpaired) electrons. The van der Waals surface area contributed by atoms with Crippen LogP contribution in [-0.4, -0.2) is 9.97 Å². The molecule has 1 N–H and O–H groups in total. The Hall–Kier alpha value is -1.46. The van der Waals surface area contributed by atoms with E-state index in [0.717, 1.165) is 16.7 Å². The van der Waals surface area contributed by atoms with Crippen molar-refractivity contribution in [2.24, 2.45) is 5.92 Å². The SMILES string of the molecule is Clc1cc(C#CC2CC2)nc2[nH]ccc12. The van der Waals surface area contributed by atoms with Gasteiger partial charge < -0.3 is 4.98 Å². The van der Waals surface area contributed by atoms with Gasteiger partial charge in [0.15, 0.2) is 0 Å². The highest BCUT2D eigenvalue weighted by atomic mass is 35.5. The second-order valence-electron chi connectivity index (χ2n) is 3.77. The standard InChI is InChI=1S/C12H9ClN2/c13-11-7-9(4-3-8-1-2-8)15-12-10(11)5-6-14-12/h5-8H,1-2H2,(H,14,15). The number of fused-ring (bicyclic) bond motifs is 1. The van der Waals surface area contributed by atoms with Crippen molar-refractivity contribution in [1.29, 1.82) is 0 Å². The predicted molar refractivity (Wildman–Crippen MR) is 60.7 cm³/mol. The van der Waals surface area contributed by atoms with E-state index < -0.39 is 0 Å². The fourth-order valence-electron chi connectivity index (χ4n) is 1.46. The second kappa shape index (κ2) is 3.29. The Morgan fingerprint density at radius 2 is 2.33 bits per heavy atom. The first-order chi connectivity index (χ1) is 7.33. The fourth-order valence-corrected chi connectivity index (χ4v) is 1.72. The summed E-state index contributed by atoms with van der Waals surface area (Å²) in [7, 11) is 0. The molecule has 0 atom stereocenters. The Bertz CT molecular complexity index is 570. The second-order valence-corrected chi connectivity index (χ2v) is 4.18. The maximum absolute atomic E-state index is 6.11. The molecule has 2 nitrogen and oxygen atoms in total. The number of pyridine rings is 1. The Kier molecular flexibility index (Phi) is 1.93. The van der Waals surface area contributed by atoms with Crippen LogP contribution in [0.15, 0.2) is 18.3 Å². The summed E-state index contributed by atoms with van der Waals surface area (Å²) >= 11 is 6.11. The topological polar surface area (TPSA) is 28.7 Å². The highest BCUT2D eigenvalue weighted by Gasteiger charge is 2.17. The van der Waals surface area contributed by atoms with Crippen LogP contribution in [-0.2, 0) is 0 Å². The van der Waals surface area contributed by atoms with E-state index in [0.29, 0.717) is 10.9 Å². The number of aromatic amines is 1. The van der Waals surface area contributed by atoms with Gasteiger partial charge in [0.05, 0.1) is 5.02 Å². The summed E-state index contributed by atoms with van der Waals surface area (Å²) in [5.41, 5.74) is 1.56. The first-order valence-corrected chi connectivity index (χ1v) is 5.36. The number of hydrogen-bond acceptors (Lipinski definition) is 1. The monoisotopic (exact) mass is 216 g/mol. The zero-order valence-corrected chi connectivity index (χ0v) is 8.80. The van der Waals surface area contributed by atoms with E-state index in [4.69, 9.17) is 11.6 Å². The summed E-state index contributed by atoms with van der Waals surface area (Å²) in [5, 5.41) is 1.66. The van der Waals surface area contributed by atoms with E-state index in [1.54, 1.807) is 0 Å². The van der Waals surface area contributed by atoms with Crippen molar-refractivity contribution in [3.05, 3.63) is 29.0 Å². The lowest BCUT2D eigenvalue weighted by Gasteiger charge is -1.94. The van der Waals surface area contributed by atoms with Gasteiger partial charge in [-0.1, -0.05) is 17.5 Å². The molecular weight excluding hydrogens is 208 g/mol. The van der Waals surface area contributed by atoms with Crippen molar-refractivity contribution in [2.45, 2.75) is 12.8 Å². The molecule has 2 aromatic heterocycles. The molecule has 0 spiro atoms. The van der Waals surface area contributed by atoms with E-state index in [-0.39, 0.29) is 0 Å². The average molecular weight is 217 g/mol. The van der Waals surface area contributed by atoms with Crippen molar-refractivity contribution >= 4 is 22.6 Å². The van der Waals surface area contributed by atoms with Gasteiger partial charge in [-0.2, -0.15) is 0 Å². The lowest BCUT2D eigenvalue weighted by molar-refractivity contribution is 1.18. The van der Waals surface area contributed by atoms with Crippen LogP contribution < -0.4 is 0 Å². The smallest absolute Gasteiger partial charge is 0.140 e. The molecule has 15 heavy (non-hydrogen) atoms. The molecule has 3 heteroatoms. The Balaban J connectivity index is 2.08. The number of halogens is 1. The Morgan fingerprint density at radius 3 is 3.13 bits per heavy atom. The van der Waals surface area contributed by atoms with Gasteiger partial charge in [0.2, 0.25) is 0 Å². The van der Waals surface area contributed by atoms with E-state index >= 15 is 0 Å². The van der Waals surface area contributed by atoms with Crippen molar-refractivity contribution in [3.8, 4) is 11.8 Å². The molecule has 1 aliphatic rings. The third-order valence-electron chi connectivity index (χ3n) is 2.46. The Labute approximate surface area is 92.7 Å². The van der Waals surface area contributed by atoms with Crippen LogP contribution in [0.2, 0.25) is 5.02 Å². The zero-order valence-electron chi connectivity index (χ0n) is 8.05. The summed E-state index contributed by atoms with van der Waals surface area (Å²) in [4.78, 5) is 7.42. The predicted octanol–water partition coefficient (Wildman–Crippen LogP) is 2.98. The first kappa shape index (κ1) is 8.82. The van der Waals surface area contributed by atoms with Crippen LogP contribution in [0.4, 0.5) is 0 Å². The Morgan fingerprint density at radius 1 is 1.47 bits per heavy atom. The van der Waals surface area contributed by atoms with Gasteiger partial charge in [0.1, 0.15) is 11.3 Å². The molecule has 0 bridgehead atoms. The molecule has 0 amide bonds. The van der Waals surface area contributed by atoms with Crippen LogP contribution in [0.1, 0.15) is 18.5 Å². The summed E-state index contributed by atoms with van der Waals surface area (Å²) in [5.74, 6) is 6.82. The largest absolute Gasteiger partial charge is 0.346 e. The minimum absolute atomic E-state index is 0.588. The van der Waals surface area contributed by atoms with Crippen LogP contribution in [0.3, 0.4) is 0 Å². The number of hydrogen-bond donors (Lipinski definition) is 1. The van der Waals surface area contributed by atoms with Crippen LogP contribution in [0, 0.1) is 17.8 Å². The fraction of sp³-hybridized carbons (Fsp3) is 0.250. The molecule has 1 aliphatic carbocycles. The van der Waals surface area contributed by atoms with Gasteiger partial charge in [-0.15, -0.1) is 0 Å². The molecule has 2 heterocycles. The lowest BCUT2D eigenvalue weighted by atomic mass is 10.3. The maximum atomic E-state index is 6.11. The molecule has 1 fully saturated rings. The summed E-state index contributed by atoms with van der Waals surface area (Å²) in [6.07, 6.45) is 4.29. The van der Waals surface area contributed by atoms with Gasteiger partial charge in [-0.25, -0.2) is 4.98 Å². The number of aromatic nitrogens is 2. The zero-order chi connectivity index (χ0) is 10.3. The van der Waals surface area contributed by atoms with Crippen molar-refractivity contribution in [1.82, 2.24) is 9.97 Å². The quantitative estimate of drug-likeness (QED) is 0.674. The van der Waals surface area contributed by atoms with Gasteiger partial charge in [-0.05, 0) is 30.9 Å². The van der Waals surface area contributed by atoms with Crippen molar-refractivity contribution in [3.63, 3.8) is 0 Å². The first-order valence-electron chi connectivity index (χ1n) is 4.98. The van der Waals surface area contributed by atoms with Crippen LogP contribution in [0.25, 0.3) is 11.0 Å². The summed E-state index contributed by atoms with van der Waals surface area (Å²) in [6, 6.07) is 3.75. The van der Waals surface area contributed by atoms with E-state index in [2.05, 4.69) is 21.8 Å². The molecular formula is C12H9ClN2. The van der Waals surface area contributed by atoms with Crippen LogP contribution >= 0.6 is 11.6 Å². The van der Waals surface area contributed by atoms with E-state index in [9.17, 15) is 0 Å². The molecule has 3 rings (SSSR count). The number of nitrogens with zero attached hydrogens (tertiary/aromatic N) is 1. The minimum Gasteiger partial charge on any atom is -0.346 e. The molecule has 74 valence electrons. The van der Waals surface area contributed by atoms with Crippen molar-refractivity contribution < 1.29 is 0 Å². The molecule has 0 unspecified atom stereocenters. The minimum atomic E-state index is 0.588. The summed E-state index contributed by atoms with van der Waals surface area (Å²) in [6.45, 7) is 0. The van der Waals surface area contributed by atoms with Crippen LogP contribution in [0.5, 0.6) is 0 Å². The third kappa shape index (κ3) is 1.71. The van der Waals surface area contributed by atoms with Gasteiger partial charge >= 0.3 is 0 Å². The number of rotatable bonds is 0. The van der Waals surface area contributed by atoms with Gasteiger partial charge in [0.25, 0.3) is 0 Å². The van der Waals surface area contributed by atoms with Gasteiger partial charge in [-0.3, -0.25) is 0 Å². The molecule has 1 saturated carbocycles. The normalized spacial score (nSPS) is 15.0. The molecule has 2 aromatic rings. The van der Waals surface area contributed by atoms with Gasteiger partial charge in [0, 0.05) is 17.5 Å². The lowest BCUT2D eigenvalue weighted by Crippen LogP contribution is -1.84. The number of nitrogens with one attached hydrogen (secondary N) is 1. The maximum Gasteiger partial charge on any atom is 0.140 e. The van der Waals surface area contributed by atoms with E-state index in [1.807, 2.05) is 18.3 Å². The molecule has 0 aliphatic heterocycles. The van der Waals surface area contributed by atoms with E-state index in [1.165, 1.54) is 12.8 Å². The third-order valence-corrected chi connectivity index (χ3v) is 2.77. The molecule has 0 aromatic carbocycles. The highest BCUT2D eigenvalue weighted by Crippen LogP contribution is 2.28.